The first-order chi connectivity index (χ1) is 22.5. The zero-order valence-corrected chi connectivity index (χ0v) is 28.8. The highest BCUT2D eigenvalue weighted by molar-refractivity contribution is 5.97. The molecule has 1 aliphatic rings. The second-order valence-corrected chi connectivity index (χ2v) is 13.8. The average molecular weight is 640 g/mol. The number of ketones is 1. The van der Waals surface area contributed by atoms with Crippen molar-refractivity contribution in [1.29, 1.82) is 0 Å². The molecule has 2 amide bonds. The second kappa shape index (κ2) is 14.6. The van der Waals surface area contributed by atoms with E-state index < -0.39 is 0 Å². The highest BCUT2D eigenvalue weighted by Gasteiger charge is 2.30. The molecular weight excluding hydrogens is 590 g/mol. The van der Waals surface area contributed by atoms with Crippen LogP contribution in [0.2, 0.25) is 0 Å². The van der Waals surface area contributed by atoms with Crippen LogP contribution in [0.5, 0.6) is 5.75 Å². The van der Waals surface area contributed by atoms with Crippen LogP contribution in [0.15, 0.2) is 54.7 Å². The monoisotopic (exact) mass is 639 g/mol. The van der Waals surface area contributed by atoms with Gasteiger partial charge in [0.05, 0.1) is 12.2 Å². The summed E-state index contributed by atoms with van der Waals surface area (Å²) in [7, 11) is 3.98. The first-order valence-electron chi connectivity index (χ1n) is 16.8. The number of carbonyl (C=O) groups is 2. The first kappa shape index (κ1) is 34.0. The molecule has 0 radical (unpaired) electrons. The number of anilines is 1. The van der Waals surface area contributed by atoms with Crippen LogP contribution in [-0.4, -0.2) is 56.9 Å². The van der Waals surface area contributed by atoms with E-state index in [1.807, 2.05) is 75.8 Å². The number of urea groups is 1. The summed E-state index contributed by atoms with van der Waals surface area (Å²) in [6, 6.07) is 15.1. The fraction of sp³-hybridized carbons (Fsp3) is 0.486. The summed E-state index contributed by atoms with van der Waals surface area (Å²) in [5.74, 6) is 2.03. The summed E-state index contributed by atoms with van der Waals surface area (Å²) in [5, 5.41) is 15.0. The molecule has 2 N–H and O–H groups in total. The van der Waals surface area contributed by atoms with Gasteiger partial charge in [0.25, 0.3) is 0 Å². The summed E-state index contributed by atoms with van der Waals surface area (Å²) in [6.45, 7) is 11.3. The number of pyridine rings is 2. The van der Waals surface area contributed by atoms with Gasteiger partial charge in [-0.3, -0.25) is 9.20 Å². The molecule has 5 rings (SSSR count). The Kier molecular flexibility index (Phi) is 10.6. The molecule has 3 heterocycles. The van der Waals surface area contributed by atoms with Gasteiger partial charge in [0.15, 0.2) is 11.4 Å². The van der Waals surface area contributed by atoms with E-state index in [-0.39, 0.29) is 29.4 Å². The van der Waals surface area contributed by atoms with Crippen LogP contribution < -0.4 is 15.4 Å². The van der Waals surface area contributed by atoms with Crippen molar-refractivity contribution < 1.29 is 14.3 Å². The van der Waals surface area contributed by atoms with Gasteiger partial charge in [0, 0.05) is 29.1 Å². The van der Waals surface area contributed by atoms with Gasteiger partial charge >= 0.3 is 6.03 Å². The lowest BCUT2D eigenvalue weighted by Gasteiger charge is -2.32. The van der Waals surface area contributed by atoms with E-state index in [1.165, 1.54) is 0 Å². The van der Waals surface area contributed by atoms with E-state index in [0.717, 1.165) is 66.3 Å². The van der Waals surface area contributed by atoms with E-state index in [2.05, 4.69) is 56.7 Å². The van der Waals surface area contributed by atoms with Crippen molar-refractivity contribution >= 4 is 23.1 Å². The number of rotatable bonds is 12. The molecule has 4 aromatic rings. The predicted octanol–water partition coefficient (Wildman–Crippen LogP) is 7.63. The number of fused-ring (bicyclic) bond motifs is 2. The molecule has 250 valence electrons. The number of amides is 2. The van der Waals surface area contributed by atoms with Crippen LogP contribution in [0.4, 0.5) is 10.5 Å². The molecule has 10 nitrogen and oxygen atoms in total. The Bertz CT molecular complexity index is 1700. The van der Waals surface area contributed by atoms with Crippen LogP contribution in [0.25, 0.3) is 5.65 Å². The van der Waals surface area contributed by atoms with Crippen molar-refractivity contribution in [3.8, 4) is 5.75 Å². The molecule has 0 unspecified atom stereocenters. The number of nitrogens with one attached hydrogen (secondary N) is 2. The molecule has 0 aliphatic heterocycles. The lowest BCUT2D eigenvalue weighted by molar-refractivity contribution is 0.0972. The van der Waals surface area contributed by atoms with Gasteiger partial charge in [-0.25, -0.2) is 9.78 Å². The minimum Gasteiger partial charge on any atom is -0.484 e. The summed E-state index contributed by atoms with van der Waals surface area (Å²) >= 11 is 0. The maximum atomic E-state index is 13.4. The zero-order chi connectivity index (χ0) is 33.7. The van der Waals surface area contributed by atoms with E-state index in [1.54, 1.807) is 6.07 Å². The van der Waals surface area contributed by atoms with Crippen molar-refractivity contribution in [1.82, 2.24) is 29.8 Å². The maximum Gasteiger partial charge on any atom is 0.319 e. The minimum absolute atomic E-state index is 0.0242. The Balaban J connectivity index is 1.30. The molecule has 1 aromatic carbocycles. The largest absolute Gasteiger partial charge is 0.484 e. The standard InChI is InChI=1S/C37H49N7O3/c1-8-24(9-2)35-42-41-34-19-16-26(23-44(34)35)47-32-18-17-29(27-13-10-11-14-28(27)32)40-36(46)38-25-21-30(31(45)15-12-20-43(6)7)39-33(22-25)37(3,4)5/h10-11,13-14,16,19,21-24,29,32H,8-9,12,15,17-18,20H2,1-7H3,(H2,38,39,40,46)/t29-,32+/m0/s1. The van der Waals surface area contributed by atoms with Crippen LogP contribution in [0.3, 0.4) is 0 Å². The van der Waals surface area contributed by atoms with Gasteiger partial charge < -0.3 is 20.3 Å². The Morgan fingerprint density at radius 3 is 2.47 bits per heavy atom. The molecule has 2 atom stereocenters. The van der Waals surface area contributed by atoms with Gasteiger partial charge in [0.2, 0.25) is 0 Å². The summed E-state index contributed by atoms with van der Waals surface area (Å²) in [4.78, 5) is 33.2. The number of hydrogen-bond donors (Lipinski definition) is 2. The number of hydrogen-bond acceptors (Lipinski definition) is 7. The molecule has 0 saturated heterocycles. The molecule has 3 aromatic heterocycles. The molecular formula is C37H49N7O3. The highest BCUT2D eigenvalue weighted by atomic mass is 16.5. The van der Waals surface area contributed by atoms with Crippen molar-refractivity contribution in [2.75, 3.05) is 26.0 Å². The topological polar surface area (TPSA) is 114 Å². The zero-order valence-electron chi connectivity index (χ0n) is 28.8. The normalized spacial score (nSPS) is 16.4. The summed E-state index contributed by atoms with van der Waals surface area (Å²) < 4.78 is 8.63. The van der Waals surface area contributed by atoms with Gasteiger partial charge in [-0.15, -0.1) is 10.2 Å². The van der Waals surface area contributed by atoms with Crippen LogP contribution in [0, 0.1) is 0 Å². The Labute approximate surface area is 278 Å². The van der Waals surface area contributed by atoms with Gasteiger partial charge in [0.1, 0.15) is 23.4 Å². The fourth-order valence-corrected chi connectivity index (χ4v) is 6.22. The first-order valence-corrected chi connectivity index (χ1v) is 16.8. The Morgan fingerprint density at radius 2 is 1.77 bits per heavy atom. The Hall–Kier alpha value is -4.31. The van der Waals surface area contributed by atoms with Gasteiger partial charge in [-0.05, 0) is 88.1 Å². The van der Waals surface area contributed by atoms with Crippen molar-refractivity contribution in [2.24, 2.45) is 0 Å². The van der Waals surface area contributed by atoms with Crippen molar-refractivity contribution in [3.63, 3.8) is 0 Å². The third kappa shape index (κ3) is 8.16. The molecule has 0 fully saturated rings. The SMILES string of the molecule is CCC(CC)c1nnc2ccc(O[C@@H]3CC[C@H](NC(=O)Nc4cc(C(=O)CCCN(C)C)nc(C(C)(C)C)c4)c4ccccc43)cn12. The van der Waals surface area contributed by atoms with Gasteiger partial charge in [-0.2, -0.15) is 0 Å². The molecule has 0 spiro atoms. The number of Topliss-reactive ketones (excluding diaryl/α,β-unsaturated/α-hetero) is 1. The van der Waals surface area contributed by atoms with E-state index in [0.29, 0.717) is 30.1 Å². The van der Waals surface area contributed by atoms with Crippen LogP contribution in [-0.2, 0) is 5.41 Å². The molecule has 1 aliphatic carbocycles. The minimum atomic E-state index is -0.326. The van der Waals surface area contributed by atoms with Crippen molar-refractivity contribution in [2.45, 2.75) is 96.6 Å². The summed E-state index contributed by atoms with van der Waals surface area (Å²) in [5.41, 5.74) is 4.29. The van der Waals surface area contributed by atoms with Crippen molar-refractivity contribution in [3.05, 3.63) is 83.1 Å². The summed E-state index contributed by atoms with van der Waals surface area (Å²) in [6.07, 6.45) is 6.42. The lowest BCUT2D eigenvalue weighted by atomic mass is 9.85. The fourth-order valence-electron chi connectivity index (χ4n) is 6.22. The van der Waals surface area contributed by atoms with Crippen LogP contribution >= 0.6 is 0 Å². The van der Waals surface area contributed by atoms with E-state index >= 15 is 0 Å². The highest BCUT2D eigenvalue weighted by Crippen LogP contribution is 2.39. The maximum absolute atomic E-state index is 13.4. The Morgan fingerprint density at radius 1 is 1.02 bits per heavy atom. The number of benzene rings is 1. The molecule has 0 saturated carbocycles. The van der Waals surface area contributed by atoms with E-state index in [9.17, 15) is 9.59 Å². The second-order valence-electron chi connectivity index (χ2n) is 13.8. The average Bonchev–Trinajstić information content (AvgIpc) is 3.45. The third-order valence-electron chi connectivity index (χ3n) is 8.92. The number of carbonyl (C=O) groups excluding carboxylic acids is 2. The quantitative estimate of drug-likeness (QED) is 0.153. The smallest absolute Gasteiger partial charge is 0.319 e. The number of aromatic nitrogens is 4. The molecule has 0 bridgehead atoms. The molecule has 10 heteroatoms. The third-order valence-corrected chi connectivity index (χ3v) is 8.92. The predicted molar refractivity (Wildman–Crippen MR) is 185 cm³/mol. The van der Waals surface area contributed by atoms with Gasteiger partial charge in [-0.1, -0.05) is 58.9 Å². The lowest BCUT2D eigenvalue weighted by Crippen LogP contribution is -2.35. The number of ether oxygens (including phenoxy) is 1. The van der Waals surface area contributed by atoms with Crippen LogP contribution in [0.1, 0.15) is 124 Å². The molecule has 47 heavy (non-hydrogen) atoms. The van der Waals surface area contributed by atoms with E-state index in [4.69, 9.17) is 4.74 Å². The number of nitrogens with zero attached hydrogens (tertiary/aromatic N) is 5.